The van der Waals surface area contributed by atoms with Gasteiger partial charge in [-0.2, -0.15) is 0 Å². The summed E-state index contributed by atoms with van der Waals surface area (Å²) in [6.07, 6.45) is 1.20. The van der Waals surface area contributed by atoms with E-state index in [4.69, 9.17) is 0 Å². The smallest absolute Gasteiger partial charge is 0.123 e. The van der Waals surface area contributed by atoms with Crippen molar-refractivity contribution in [2.75, 3.05) is 12.3 Å². The minimum absolute atomic E-state index is 0.144. The van der Waals surface area contributed by atoms with Gasteiger partial charge < -0.3 is 5.32 Å². The summed E-state index contributed by atoms with van der Waals surface area (Å²) in [4.78, 5) is 1.21. The third-order valence-electron chi connectivity index (χ3n) is 2.84. The lowest BCUT2D eigenvalue weighted by atomic mass is 10.2. The van der Waals surface area contributed by atoms with Crippen LogP contribution in [-0.4, -0.2) is 12.3 Å². The zero-order valence-electron chi connectivity index (χ0n) is 12.5. The number of hydrogen-bond donors (Lipinski definition) is 1. The summed E-state index contributed by atoms with van der Waals surface area (Å²) >= 11 is 1.84. The maximum absolute atomic E-state index is 13.3. The molecule has 0 spiro atoms. The fourth-order valence-corrected chi connectivity index (χ4v) is 3.02. The second-order valence-corrected chi connectivity index (χ2v) is 6.94. The predicted molar refractivity (Wildman–Crippen MR) is 83.1 cm³/mol. The first-order valence-corrected chi connectivity index (χ1v) is 8.09. The van der Waals surface area contributed by atoms with Gasteiger partial charge in [0.1, 0.15) is 5.82 Å². The Morgan fingerprint density at radius 1 is 1.16 bits per heavy atom. The van der Waals surface area contributed by atoms with Gasteiger partial charge in [-0.05, 0) is 54.3 Å². The molecule has 108 valence electrons. The Morgan fingerprint density at radius 2 is 1.89 bits per heavy atom. The third kappa shape index (κ3) is 6.98. The van der Waals surface area contributed by atoms with Crippen molar-refractivity contribution in [3.63, 3.8) is 0 Å². The molecule has 0 bridgehead atoms. The summed E-state index contributed by atoms with van der Waals surface area (Å²) < 4.78 is 13.3. The lowest BCUT2D eigenvalue weighted by molar-refractivity contribution is 0.547. The van der Waals surface area contributed by atoms with E-state index in [1.54, 1.807) is 12.1 Å². The van der Waals surface area contributed by atoms with E-state index in [-0.39, 0.29) is 5.82 Å². The van der Waals surface area contributed by atoms with Crippen molar-refractivity contribution in [1.82, 2.24) is 5.32 Å². The highest BCUT2D eigenvalue weighted by Crippen LogP contribution is 2.25. The fraction of sp³-hybridized carbons (Fsp3) is 0.625. The molecule has 0 radical (unpaired) electrons. The number of hydrogen-bond acceptors (Lipinski definition) is 2. The maximum atomic E-state index is 13.3. The van der Waals surface area contributed by atoms with Crippen molar-refractivity contribution in [3.05, 3.63) is 29.6 Å². The molecular weight excluding hydrogens is 257 g/mol. The number of benzene rings is 1. The summed E-state index contributed by atoms with van der Waals surface area (Å²) in [6, 6.07) is 5.13. The van der Waals surface area contributed by atoms with E-state index in [1.807, 2.05) is 17.8 Å². The van der Waals surface area contributed by atoms with Gasteiger partial charge in [0, 0.05) is 11.4 Å². The van der Waals surface area contributed by atoms with Crippen LogP contribution in [0.4, 0.5) is 4.39 Å². The third-order valence-corrected chi connectivity index (χ3v) is 3.99. The van der Waals surface area contributed by atoms with Crippen molar-refractivity contribution in [2.45, 2.75) is 45.6 Å². The van der Waals surface area contributed by atoms with Gasteiger partial charge in [0.2, 0.25) is 0 Å². The molecule has 0 aromatic heterocycles. The largest absolute Gasteiger partial charge is 0.312 e. The first-order valence-electron chi connectivity index (χ1n) is 7.11. The van der Waals surface area contributed by atoms with Crippen LogP contribution >= 0.6 is 11.8 Å². The van der Waals surface area contributed by atoms with Gasteiger partial charge in [0.25, 0.3) is 0 Å². The number of rotatable bonds is 8. The molecule has 1 nitrogen and oxygen atoms in total. The van der Waals surface area contributed by atoms with Gasteiger partial charge in [-0.25, -0.2) is 4.39 Å². The van der Waals surface area contributed by atoms with Gasteiger partial charge in [0.05, 0.1) is 0 Å². The Hall–Kier alpha value is -0.540. The molecule has 0 unspecified atom stereocenters. The molecule has 0 aliphatic carbocycles. The highest BCUT2D eigenvalue weighted by atomic mass is 32.2. The van der Waals surface area contributed by atoms with E-state index in [2.05, 4.69) is 33.0 Å². The zero-order valence-corrected chi connectivity index (χ0v) is 13.3. The molecule has 0 heterocycles. The predicted octanol–water partition coefficient (Wildman–Crippen LogP) is 4.71. The highest BCUT2D eigenvalue weighted by molar-refractivity contribution is 7.99. The van der Waals surface area contributed by atoms with Crippen LogP contribution < -0.4 is 5.32 Å². The van der Waals surface area contributed by atoms with Crippen molar-refractivity contribution < 1.29 is 4.39 Å². The van der Waals surface area contributed by atoms with Crippen LogP contribution in [-0.2, 0) is 6.54 Å². The monoisotopic (exact) mass is 283 g/mol. The van der Waals surface area contributed by atoms with Crippen molar-refractivity contribution in [1.29, 1.82) is 0 Å². The van der Waals surface area contributed by atoms with Crippen LogP contribution in [0.15, 0.2) is 23.1 Å². The molecule has 3 heteroatoms. The van der Waals surface area contributed by atoms with Crippen molar-refractivity contribution in [2.24, 2.45) is 11.8 Å². The van der Waals surface area contributed by atoms with E-state index in [1.165, 1.54) is 11.3 Å². The van der Waals surface area contributed by atoms with E-state index in [0.29, 0.717) is 5.92 Å². The van der Waals surface area contributed by atoms with E-state index < -0.39 is 0 Å². The van der Waals surface area contributed by atoms with Crippen LogP contribution in [0.1, 0.15) is 39.7 Å². The zero-order chi connectivity index (χ0) is 14.3. The minimum Gasteiger partial charge on any atom is -0.312 e. The Bertz CT molecular complexity index is 377. The first-order chi connectivity index (χ1) is 8.99. The summed E-state index contributed by atoms with van der Waals surface area (Å²) in [6.45, 7) is 10.5. The first kappa shape index (κ1) is 16.5. The number of halogens is 1. The molecule has 0 fully saturated rings. The molecule has 0 saturated heterocycles. The molecule has 1 N–H and O–H groups in total. The van der Waals surface area contributed by atoms with Gasteiger partial charge >= 0.3 is 0 Å². The topological polar surface area (TPSA) is 12.0 Å². The fourth-order valence-electron chi connectivity index (χ4n) is 1.73. The molecule has 0 atom stereocenters. The lowest BCUT2D eigenvalue weighted by Crippen LogP contribution is -2.19. The Morgan fingerprint density at radius 3 is 2.53 bits per heavy atom. The van der Waals surface area contributed by atoms with Crippen molar-refractivity contribution >= 4 is 11.8 Å². The molecule has 0 aliphatic heterocycles. The average molecular weight is 283 g/mol. The lowest BCUT2D eigenvalue weighted by Gasteiger charge is -2.12. The number of nitrogens with one attached hydrogen (secondary N) is 1. The van der Waals surface area contributed by atoms with Crippen LogP contribution in [0.3, 0.4) is 0 Å². The van der Waals surface area contributed by atoms with Crippen LogP contribution in [0.5, 0.6) is 0 Å². The van der Waals surface area contributed by atoms with Gasteiger partial charge in [-0.15, -0.1) is 11.8 Å². The summed E-state index contributed by atoms with van der Waals surface area (Å²) in [5.74, 6) is 2.29. The van der Waals surface area contributed by atoms with Crippen LogP contribution in [0.25, 0.3) is 0 Å². The highest BCUT2D eigenvalue weighted by Gasteiger charge is 2.06. The second-order valence-electron chi connectivity index (χ2n) is 5.81. The minimum atomic E-state index is -0.144. The second kappa shape index (κ2) is 8.60. The number of thioether (sulfide) groups is 1. The maximum Gasteiger partial charge on any atom is 0.123 e. The van der Waals surface area contributed by atoms with Gasteiger partial charge in [0.15, 0.2) is 0 Å². The Labute approximate surface area is 121 Å². The summed E-state index contributed by atoms with van der Waals surface area (Å²) in [5, 5.41) is 3.39. The van der Waals surface area contributed by atoms with Crippen molar-refractivity contribution in [3.8, 4) is 0 Å². The summed E-state index contributed by atoms with van der Waals surface area (Å²) in [5.41, 5.74) is 1.08. The SMILES string of the molecule is CC(C)CCSc1ccc(F)cc1CNCC(C)C. The molecule has 19 heavy (non-hydrogen) atoms. The summed E-state index contributed by atoms with van der Waals surface area (Å²) in [7, 11) is 0. The van der Waals surface area contributed by atoms with E-state index in [0.717, 1.165) is 30.3 Å². The Balaban J connectivity index is 2.58. The molecule has 1 aromatic rings. The molecule has 0 amide bonds. The van der Waals surface area contributed by atoms with E-state index in [9.17, 15) is 4.39 Å². The van der Waals surface area contributed by atoms with Gasteiger partial charge in [-0.1, -0.05) is 27.7 Å². The van der Waals surface area contributed by atoms with Crippen LogP contribution in [0, 0.1) is 17.7 Å². The molecule has 1 aromatic carbocycles. The van der Waals surface area contributed by atoms with E-state index >= 15 is 0 Å². The normalized spacial score (nSPS) is 11.5. The Kier molecular flexibility index (Phi) is 7.47. The quantitative estimate of drug-likeness (QED) is 0.693. The standard InChI is InChI=1S/C16H26FNS/c1-12(2)7-8-19-16-6-5-15(17)9-14(16)11-18-10-13(3)4/h5-6,9,12-13,18H,7-8,10-11H2,1-4H3. The van der Waals surface area contributed by atoms with Gasteiger partial charge in [-0.3, -0.25) is 0 Å². The molecular formula is C16H26FNS. The molecule has 0 aliphatic rings. The molecule has 1 rings (SSSR count). The average Bonchev–Trinajstić information content (AvgIpc) is 2.31. The van der Waals surface area contributed by atoms with Crippen LogP contribution in [0.2, 0.25) is 0 Å². The molecule has 0 saturated carbocycles.